The van der Waals surface area contributed by atoms with Gasteiger partial charge in [-0.3, -0.25) is 9.59 Å². The molecular weight excluding hydrogens is 312 g/mol. The quantitative estimate of drug-likeness (QED) is 0.843. The third kappa shape index (κ3) is 3.33. The molecule has 128 valence electrons. The Morgan fingerprint density at radius 2 is 2.42 bits per heavy atom. The highest BCUT2D eigenvalue weighted by Gasteiger charge is 2.22. The van der Waals surface area contributed by atoms with E-state index in [1.54, 1.807) is 19.1 Å². The molecule has 1 saturated heterocycles. The number of nitrogens with zero attached hydrogens (tertiary/aromatic N) is 2. The zero-order chi connectivity index (χ0) is 17.1. The number of nitrogens with one attached hydrogen (secondary N) is 1. The number of carbonyl (C=O) groups excluding carboxylic acids is 1. The number of hydrogen-bond donors (Lipinski definition) is 2. The van der Waals surface area contributed by atoms with Crippen LogP contribution in [0.3, 0.4) is 0 Å². The van der Waals surface area contributed by atoms with Crippen molar-refractivity contribution in [2.45, 2.75) is 31.9 Å². The molecule has 0 spiro atoms. The molecule has 2 aromatic heterocycles. The molecule has 0 radical (unpaired) electrons. The summed E-state index contributed by atoms with van der Waals surface area (Å²) in [6.07, 6.45) is 3.46. The Bertz CT molecular complexity index is 763. The number of aromatic nitrogens is 2. The lowest BCUT2D eigenvalue weighted by atomic mass is 10.2. The highest BCUT2D eigenvalue weighted by Crippen LogP contribution is 2.18. The molecule has 0 unspecified atom stereocenters. The lowest BCUT2D eigenvalue weighted by Crippen LogP contribution is -2.40. The fourth-order valence-electron chi connectivity index (χ4n) is 2.62. The number of carbonyl (C=O) groups is 1. The van der Waals surface area contributed by atoms with Crippen molar-refractivity contribution >= 4 is 11.6 Å². The molecule has 24 heavy (non-hydrogen) atoms. The van der Waals surface area contributed by atoms with Gasteiger partial charge in [0.05, 0.1) is 12.4 Å². The highest BCUT2D eigenvalue weighted by molar-refractivity contribution is 5.79. The summed E-state index contributed by atoms with van der Waals surface area (Å²) in [5.41, 5.74) is 5.67. The molecule has 2 aromatic rings. The van der Waals surface area contributed by atoms with E-state index in [4.69, 9.17) is 14.9 Å². The molecule has 1 aliphatic heterocycles. The van der Waals surface area contributed by atoms with Gasteiger partial charge in [-0.25, -0.2) is 4.68 Å². The van der Waals surface area contributed by atoms with Crippen molar-refractivity contribution in [1.82, 2.24) is 15.1 Å². The molecule has 1 fully saturated rings. The van der Waals surface area contributed by atoms with Crippen LogP contribution in [0.25, 0.3) is 11.5 Å². The van der Waals surface area contributed by atoms with Crippen molar-refractivity contribution in [3.8, 4) is 11.5 Å². The molecule has 8 heteroatoms. The van der Waals surface area contributed by atoms with E-state index in [2.05, 4.69) is 10.4 Å². The number of ether oxygens (including phenoxy) is 1. The van der Waals surface area contributed by atoms with E-state index in [1.165, 1.54) is 12.3 Å². The minimum absolute atomic E-state index is 0.00942. The molecule has 0 aliphatic carbocycles. The summed E-state index contributed by atoms with van der Waals surface area (Å²) in [7, 11) is 0. The molecule has 8 nitrogen and oxygen atoms in total. The standard InChI is InChI=1S/C16H20N4O4/c1-10(15(21)18-9-11-4-2-6-23-11)20-16(22)12(17)8-13(19-20)14-5-3-7-24-14/h3,5,7-8,10-11H,2,4,6,9,17H2,1H3,(H,18,21)/t10-,11-/m0/s1. The third-order valence-corrected chi connectivity index (χ3v) is 4.01. The molecule has 0 saturated carbocycles. The normalized spacial score (nSPS) is 18.5. The van der Waals surface area contributed by atoms with Crippen molar-refractivity contribution in [3.05, 3.63) is 34.8 Å². The molecule has 3 heterocycles. The van der Waals surface area contributed by atoms with Crippen LogP contribution in [0.15, 0.2) is 33.7 Å². The monoisotopic (exact) mass is 332 g/mol. The number of anilines is 1. The molecule has 2 atom stereocenters. The van der Waals surface area contributed by atoms with Crippen LogP contribution in [0.5, 0.6) is 0 Å². The number of furan rings is 1. The Morgan fingerprint density at radius 1 is 1.58 bits per heavy atom. The van der Waals surface area contributed by atoms with Gasteiger partial charge in [0.15, 0.2) is 5.76 Å². The Balaban J connectivity index is 1.79. The molecule has 3 N–H and O–H groups in total. The first-order chi connectivity index (χ1) is 11.6. The Hall–Kier alpha value is -2.61. The van der Waals surface area contributed by atoms with Crippen molar-refractivity contribution < 1.29 is 13.9 Å². The van der Waals surface area contributed by atoms with Crippen molar-refractivity contribution in [2.24, 2.45) is 0 Å². The van der Waals surface area contributed by atoms with Crippen LogP contribution in [0, 0.1) is 0 Å². The van der Waals surface area contributed by atoms with Crippen molar-refractivity contribution in [3.63, 3.8) is 0 Å². The van der Waals surface area contributed by atoms with Crippen molar-refractivity contribution in [1.29, 1.82) is 0 Å². The molecule has 3 rings (SSSR count). The summed E-state index contributed by atoms with van der Waals surface area (Å²) in [4.78, 5) is 24.6. The second kappa shape index (κ2) is 6.88. The Labute approximate surface area is 138 Å². The van der Waals surface area contributed by atoms with Gasteiger partial charge in [-0.1, -0.05) is 0 Å². The SMILES string of the molecule is C[C@@H](C(=O)NC[C@@H]1CCCO1)n1nc(-c2ccco2)cc(N)c1=O. The topological polar surface area (TPSA) is 112 Å². The first-order valence-corrected chi connectivity index (χ1v) is 7.89. The van der Waals surface area contributed by atoms with Crippen LogP contribution in [0.2, 0.25) is 0 Å². The highest BCUT2D eigenvalue weighted by atomic mass is 16.5. The van der Waals surface area contributed by atoms with Gasteiger partial charge in [0.25, 0.3) is 5.56 Å². The summed E-state index contributed by atoms with van der Waals surface area (Å²) >= 11 is 0. The van der Waals surface area contributed by atoms with Crippen molar-refractivity contribution in [2.75, 3.05) is 18.9 Å². The Kier molecular flexibility index (Phi) is 4.66. The lowest BCUT2D eigenvalue weighted by molar-refractivity contribution is -0.124. The van der Waals surface area contributed by atoms with Gasteiger partial charge in [0.2, 0.25) is 5.91 Å². The van der Waals surface area contributed by atoms with Crippen LogP contribution < -0.4 is 16.6 Å². The van der Waals surface area contributed by atoms with Gasteiger partial charge in [-0.15, -0.1) is 0 Å². The summed E-state index contributed by atoms with van der Waals surface area (Å²) in [6.45, 7) is 2.74. The van der Waals surface area contributed by atoms with E-state index in [0.29, 0.717) is 18.0 Å². The smallest absolute Gasteiger partial charge is 0.290 e. The maximum absolute atomic E-state index is 12.3. The van der Waals surface area contributed by atoms with E-state index in [-0.39, 0.29) is 17.7 Å². The minimum Gasteiger partial charge on any atom is -0.463 e. The predicted molar refractivity (Wildman–Crippen MR) is 87.3 cm³/mol. The summed E-state index contributed by atoms with van der Waals surface area (Å²) in [5, 5.41) is 7.01. The Morgan fingerprint density at radius 3 is 3.08 bits per heavy atom. The summed E-state index contributed by atoms with van der Waals surface area (Å²) < 4.78 is 11.8. The van der Waals surface area contributed by atoms with E-state index in [0.717, 1.165) is 24.1 Å². The fraction of sp³-hybridized carbons (Fsp3) is 0.438. The minimum atomic E-state index is -0.795. The summed E-state index contributed by atoms with van der Waals surface area (Å²) in [6, 6.07) is 4.06. The summed E-state index contributed by atoms with van der Waals surface area (Å²) in [5.74, 6) is 0.165. The fourth-order valence-corrected chi connectivity index (χ4v) is 2.62. The number of nitrogen functional groups attached to an aromatic ring is 1. The van der Waals surface area contributed by atoms with Crippen LogP contribution >= 0.6 is 0 Å². The second-order valence-electron chi connectivity index (χ2n) is 5.77. The third-order valence-electron chi connectivity index (χ3n) is 4.01. The lowest BCUT2D eigenvalue weighted by Gasteiger charge is -2.17. The number of hydrogen-bond acceptors (Lipinski definition) is 6. The van der Waals surface area contributed by atoms with E-state index in [9.17, 15) is 9.59 Å². The van der Waals surface area contributed by atoms with Crippen LogP contribution in [-0.4, -0.2) is 34.9 Å². The zero-order valence-corrected chi connectivity index (χ0v) is 13.4. The maximum Gasteiger partial charge on any atom is 0.290 e. The van der Waals surface area contributed by atoms with Gasteiger partial charge in [0, 0.05) is 13.2 Å². The van der Waals surface area contributed by atoms with Gasteiger partial charge >= 0.3 is 0 Å². The van der Waals surface area contributed by atoms with E-state index >= 15 is 0 Å². The van der Waals surface area contributed by atoms with Gasteiger partial charge in [-0.2, -0.15) is 5.10 Å². The molecule has 0 bridgehead atoms. The van der Waals surface area contributed by atoms with Gasteiger partial charge < -0.3 is 20.2 Å². The van der Waals surface area contributed by atoms with Crippen LogP contribution in [-0.2, 0) is 9.53 Å². The number of rotatable bonds is 5. The molecule has 1 amide bonds. The largest absolute Gasteiger partial charge is 0.463 e. The molecule has 0 aromatic carbocycles. The van der Waals surface area contributed by atoms with Gasteiger partial charge in [-0.05, 0) is 38.0 Å². The number of nitrogens with two attached hydrogens (primary N) is 1. The maximum atomic E-state index is 12.3. The number of amides is 1. The average Bonchev–Trinajstić information content (AvgIpc) is 3.27. The van der Waals surface area contributed by atoms with Gasteiger partial charge in [0.1, 0.15) is 17.4 Å². The second-order valence-corrected chi connectivity index (χ2v) is 5.77. The van der Waals surface area contributed by atoms with E-state index < -0.39 is 11.6 Å². The predicted octanol–water partition coefficient (Wildman–Crippen LogP) is 0.942. The molecular formula is C16H20N4O4. The van der Waals surface area contributed by atoms with E-state index in [1.807, 2.05) is 0 Å². The molecule has 1 aliphatic rings. The average molecular weight is 332 g/mol. The first kappa shape index (κ1) is 16.3. The first-order valence-electron chi connectivity index (χ1n) is 7.89. The van der Waals surface area contributed by atoms with Crippen LogP contribution in [0.4, 0.5) is 5.69 Å². The zero-order valence-electron chi connectivity index (χ0n) is 13.4. The van der Waals surface area contributed by atoms with Crippen LogP contribution in [0.1, 0.15) is 25.8 Å².